The van der Waals surface area contributed by atoms with Gasteiger partial charge in [0, 0.05) is 12.8 Å². The van der Waals surface area contributed by atoms with Crippen molar-refractivity contribution in [1.29, 1.82) is 0 Å². The number of benzene rings is 4. The number of ether oxygens (including phenoxy) is 4. The number of amides is 2. The number of para-hydroxylation sites is 6. The summed E-state index contributed by atoms with van der Waals surface area (Å²) in [6.07, 6.45) is 1.73. The molecule has 42 heavy (non-hydrogen) atoms. The molecule has 0 bridgehead atoms. The Morgan fingerprint density at radius 3 is 1.24 bits per heavy atom. The molecule has 0 aliphatic carbocycles. The monoisotopic (exact) mass is 568 g/mol. The van der Waals surface area contributed by atoms with Crippen molar-refractivity contribution < 1.29 is 28.5 Å². The summed E-state index contributed by atoms with van der Waals surface area (Å²) in [6, 6.07) is 33.6. The van der Waals surface area contributed by atoms with Crippen LogP contribution in [0.1, 0.15) is 25.7 Å². The third-order valence-electron chi connectivity index (χ3n) is 6.09. The molecule has 0 heterocycles. The molecule has 0 unspecified atom stereocenters. The van der Waals surface area contributed by atoms with Gasteiger partial charge in [0.2, 0.25) is 11.8 Å². The van der Waals surface area contributed by atoms with Gasteiger partial charge < -0.3 is 29.6 Å². The fourth-order valence-corrected chi connectivity index (χ4v) is 4.04. The number of anilines is 2. The van der Waals surface area contributed by atoms with E-state index in [0.717, 1.165) is 11.5 Å². The molecule has 0 fully saturated rings. The highest BCUT2D eigenvalue weighted by Crippen LogP contribution is 2.25. The molecule has 0 atom stereocenters. The van der Waals surface area contributed by atoms with Crippen molar-refractivity contribution in [1.82, 2.24) is 0 Å². The first-order valence-corrected chi connectivity index (χ1v) is 14.1. The van der Waals surface area contributed by atoms with Gasteiger partial charge in [0.25, 0.3) is 0 Å². The Kier molecular flexibility index (Phi) is 12.1. The van der Waals surface area contributed by atoms with Crippen LogP contribution in [0, 0.1) is 0 Å². The summed E-state index contributed by atoms with van der Waals surface area (Å²) in [4.78, 5) is 25.1. The molecule has 0 radical (unpaired) electrons. The van der Waals surface area contributed by atoms with Crippen molar-refractivity contribution in [3.05, 3.63) is 109 Å². The average molecular weight is 569 g/mol. The zero-order chi connectivity index (χ0) is 29.2. The smallest absolute Gasteiger partial charge is 0.224 e. The molecule has 4 aromatic carbocycles. The topological polar surface area (TPSA) is 95.1 Å². The van der Waals surface area contributed by atoms with Crippen LogP contribution in [-0.2, 0) is 9.59 Å². The van der Waals surface area contributed by atoms with E-state index < -0.39 is 0 Å². The maximum Gasteiger partial charge on any atom is 0.224 e. The van der Waals surface area contributed by atoms with E-state index in [4.69, 9.17) is 18.9 Å². The molecule has 0 aromatic heterocycles. The number of hydrogen-bond donors (Lipinski definition) is 2. The molecule has 0 spiro atoms. The van der Waals surface area contributed by atoms with Crippen LogP contribution in [-0.4, -0.2) is 38.2 Å². The molecule has 0 aliphatic rings. The van der Waals surface area contributed by atoms with E-state index in [1.165, 1.54) is 0 Å². The minimum atomic E-state index is -0.136. The van der Waals surface area contributed by atoms with Crippen LogP contribution in [0.2, 0.25) is 0 Å². The predicted octanol–water partition coefficient (Wildman–Crippen LogP) is 6.74. The van der Waals surface area contributed by atoms with E-state index in [-0.39, 0.29) is 11.8 Å². The maximum atomic E-state index is 12.6. The van der Waals surface area contributed by atoms with Gasteiger partial charge in [-0.1, -0.05) is 60.7 Å². The van der Waals surface area contributed by atoms with Crippen LogP contribution < -0.4 is 29.6 Å². The molecule has 8 heteroatoms. The minimum absolute atomic E-state index is 0.136. The van der Waals surface area contributed by atoms with Crippen molar-refractivity contribution >= 4 is 23.2 Å². The second-order valence-corrected chi connectivity index (χ2v) is 9.32. The highest BCUT2D eigenvalue weighted by molar-refractivity contribution is 5.93. The normalized spacial score (nSPS) is 10.4. The van der Waals surface area contributed by atoms with E-state index in [1.807, 2.05) is 84.9 Å². The van der Waals surface area contributed by atoms with Gasteiger partial charge in [-0.25, -0.2) is 0 Å². The third-order valence-corrected chi connectivity index (χ3v) is 6.09. The van der Waals surface area contributed by atoms with E-state index in [0.29, 0.717) is 75.0 Å². The molecule has 4 rings (SSSR count). The lowest BCUT2D eigenvalue weighted by molar-refractivity contribution is -0.118. The molecule has 2 N–H and O–H groups in total. The second-order valence-electron chi connectivity index (χ2n) is 9.32. The van der Waals surface area contributed by atoms with E-state index in [9.17, 15) is 9.59 Å². The van der Waals surface area contributed by atoms with Gasteiger partial charge >= 0.3 is 0 Å². The first kappa shape index (κ1) is 30.0. The Labute approximate surface area is 246 Å². The predicted molar refractivity (Wildman–Crippen MR) is 163 cm³/mol. The zero-order valence-electron chi connectivity index (χ0n) is 23.5. The van der Waals surface area contributed by atoms with E-state index >= 15 is 0 Å². The minimum Gasteiger partial charge on any atom is -0.490 e. The van der Waals surface area contributed by atoms with Crippen molar-refractivity contribution in [2.75, 3.05) is 37.1 Å². The Morgan fingerprint density at radius 2 is 0.810 bits per heavy atom. The molecule has 0 saturated heterocycles. The molecule has 0 aliphatic heterocycles. The van der Waals surface area contributed by atoms with Crippen molar-refractivity contribution in [3.63, 3.8) is 0 Å². The van der Waals surface area contributed by atoms with E-state index in [2.05, 4.69) is 10.6 Å². The fraction of sp³-hybridized carbons (Fsp3) is 0.235. The van der Waals surface area contributed by atoms with Crippen LogP contribution >= 0.6 is 0 Å². The quantitative estimate of drug-likeness (QED) is 0.137. The summed E-state index contributed by atoms with van der Waals surface area (Å²) >= 11 is 0. The lowest BCUT2D eigenvalue weighted by atomic mass is 10.1. The fourth-order valence-electron chi connectivity index (χ4n) is 4.04. The van der Waals surface area contributed by atoms with Gasteiger partial charge in [0.15, 0.2) is 0 Å². The highest BCUT2D eigenvalue weighted by atomic mass is 16.5. The molecule has 4 aromatic rings. The Morgan fingerprint density at radius 1 is 0.452 bits per heavy atom. The van der Waals surface area contributed by atoms with Crippen LogP contribution in [0.15, 0.2) is 109 Å². The highest BCUT2D eigenvalue weighted by Gasteiger charge is 2.10. The lowest BCUT2D eigenvalue weighted by Gasteiger charge is -2.13. The van der Waals surface area contributed by atoms with Gasteiger partial charge in [-0.15, -0.1) is 0 Å². The Bertz CT molecular complexity index is 1270. The number of rotatable bonds is 17. The van der Waals surface area contributed by atoms with Gasteiger partial charge in [-0.3, -0.25) is 9.59 Å². The van der Waals surface area contributed by atoms with Crippen LogP contribution in [0.3, 0.4) is 0 Å². The summed E-state index contributed by atoms with van der Waals surface area (Å²) in [6.45, 7) is 1.44. The summed E-state index contributed by atoms with van der Waals surface area (Å²) in [5.74, 6) is 2.44. The van der Waals surface area contributed by atoms with E-state index in [1.54, 1.807) is 24.3 Å². The molecular formula is C34H36N2O6. The summed E-state index contributed by atoms with van der Waals surface area (Å²) in [7, 11) is 0. The first-order chi connectivity index (χ1) is 20.7. The summed E-state index contributed by atoms with van der Waals surface area (Å²) < 4.78 is 23.0. The standard InChI is InChI=1S/C34H36N2O6/c37-33(35-29-17-7-9-19-31(29)41-25-23-39-27-13-3-1-4-14-27)21-11-12-22-34(38)36-30-18-8-10-20-32(30)42-26-24-40-28-15-5-2-6-16-28/h1-10,13-20H,11-12,21-26H2,(H,35,37)(H,36,38). The Hall–Kier alpha value is -4.98. The second kappa shape index (κ2) is 17.0. The van der Waals surface area contributed by atoms with Crippen LogP contribution in [0.5, 0.6) is 23.0 Å². The largest absolute Gasteiger partial charge is 0.490 e. The SMILES string of the molecule is O=C(CCCCC(=O)Nc1ccccc1OCCOc1ccccc1)Nc1ccccc1OCCOc1ccccc1. The number of unbranched alkanes of at least 4 members (excludes halogenated alkanes) is 1. The molecule has 218 valence electrons. The Balaban J connectivity index is 1.12. The summed E-state index contributed by atoms with van der Waals surface area (Å²) in [5, 5.41) is 5.81. The number of hydrogen-bond acceptors (Lipinski definition) is 6. The molecular weight excluding hydrogens is 532 g/mol. The maximum absolute atomic E-state index is 12.6. The van der Waals surface area contributed by atoms with Crippen molar-refractivity contribution in [3.8, 4) is 23.0 Å². The van der Waals surface area contributed by atoms with Crippen LogP contribution in [0.25, 0.3) is 0 Å². The van der Waals surface area contributed by atoms with Gasteiger partial charge in [0.1, 0.15) is 49.4 Å². The third kappa shape index (κ3) is 10.5. The zero-order valence-corrected chi connectivity index (χ0v) is 23.5. The number of nitrogens with one attached hydrogen (secondary N) is 2. The van der Waals surface area contributed by atoms with Crippen LogP contribution in [0.4, 0.5) is 11.4 Å². The lowest BCUT2D eigenvalue weighted by Crippen LogP contribution is -2.15. The molecule has 2 amide bonds. The number of carbonyl (C=O) groups excluding carboxylic acids is 2. The average Bonchev–Trinajstić information content (AvgIpc) is 3.02. The van der Waals surface area contributed by atoms with Gasteiger partial charge in [-0.05, 0) is 61.4 Å². The van der Waals surface area contributed by atoms with Gasteiger partial charge in [-0.2, -0.15) is 0 Å². The van der Waals surface area contributed by atoms with Crippen molar-refractivity contribution in [2.45, 2.75) is 25.7 Å². The molecule has 0 saturated carbocycles. The number of carbonyl (C=O) groups is 2. The molecule has 8 nitrogen and oxygen atoms in total. The van der Waals surface area contributed by atoms with Gasteiger partial charge in [0.05, 0.1) is 11.4 Å². The first-order valence-electron chi connectivity index (χ1n) is 14.1. The summed E-state index contributed by atoms with van der Waals surface area (Å²) in [5.41, 5.74) is 1.21. The van der Waals surface area contributed by atoms with Crippen molar-refractivity contribution in [2.24, 2.45) is 0 Å².